The van der Waals surface area contributed by atoms with Gasteiger partial charge in [0.1, 0.15) is 11.5 Å². The number of rotatable bonds is 11. The molecule has 0 atom stereocenters. The fraction of sp³-hybridized carbons (Fsp3) is 0.364. The lowest BCUT2D eigenvalue weighted by Crippen LogP contribution is -2.25. The molecule has 8 heteroatoms. The fourth-order valence-electron chi connectivity index (χ4n) is 2.91. The van der Waals surface area contributed by atoms with Crippen LogP contribution >= 0.6 is 31.9 Å². The summed E-state index contributed by atoms with van der Waals surface area (Å²) >= 11 is 6.75. The van der Waals surface area contributed by atoms with Crippen LogP contribution in [-0.4, -0.2) is 39.1 Å². The van der Waals surface area contributed by atoms with Gasteiger partial charge in [-0.05, 0) is 49.2 Å². The van der Waals surface area contributed by atoms with Crippen molar-refractivity contribution in [1.82, 2.24) is 10.6 Å². The van der Waals surface area contributed by atoms with Gasteiger partial charge in [-0.25, -0.2) is 0 Å². The van der Waals surface area contributed by atoms with E-state index in [2.05, 4.69) is 42.5 Å². The maximum atomic E-state index is 12.3. The second kappa shape index (κ2) is 12.6. The van der Waals surface area contributed by atoms with Crippen LogP contribution in [0.5, 0.6) is 11.5 Å². The first-order valence-electron chi connectivity index (χ1n) is 9.69. The maximum absolute atomic E-state index is 12.3. The van der Waals surface area contributed by atoms with Crippen molar-refractivity contribution >= 4 is 43.7 Å². The number of carbonyl (C=O) groups excluding carboxylic acids is 2. The lowest BCUT2D eigenvalue weighted by atomic mass is 10.1. The number of carbonyl (C=O) groups is 2. The number of halogens is 2. The molecule has 0 aliphatic rings. The molecular formula is C22H26Br2N2O4. The summed E-state index contributed by atoms with van der Waals surface area (Å²) in [4.78, 5) is 24.6. The Kier molecular flexibility index (Phi) is 10.2. The fourth-order valence-corrected chi connectivity index (χ4v) is 3.64. The van der Waals surface area contributed by atoms with Crippen LogP contribution in [0.3, 0.4) is 0 Å². The van der Waals surface area contributed by atoms with E-state index in [0.29, 0.717) is 35.7 Å². The van der Waals surface area contributed by atoms with E-state index in [1.807, 2.05) is 12.1 Å². The van der Waals surface area contributed by atoms with Gasteiger partial charge in [0.2, 0.25) is 0 Å². The molecule has 0 spiro atoms. The normalized spacial score (nSPS) is 10.4. The first kappa shape index (κ1) is 24.2. The molecule has 0 aromatic heterocycles. The monoisotopic (exact) mass is 540 g/mol. The lowest BCUT2D eigenvalue weighted by Gasteiger charge is -2.10. The van der Waals surface area contributed by atoms with Gasteiger partial charge in [-0.1, -0.05) is 44.7 Å². The van der Waals surface area contributed by atoms with Crippen molar-refractivity contribution in [3.8, 4) is 11.5 Å². The SMILES string of the molecule is COc1ccc(Br)cc1C(=O)NCCCCCCNC(=O)c1cc(Br)ccc1OC. The molecule has 30 heavy (non-hydrogen) atoms. The number of hydrogen-bond donors (Lipinski definition) is 2. The molecule has 6 nitrogen and oxygen atoms in total. The third-order valence-corrected chi connectivity index (χ3v) is 5.47. The smallest absolute Gasteiger partial charge is 0.255 e. The molecule has 0 bridgehead atoms. The van der Waals surface area contributed by atoms with Crippen LogP contribution in [-0.2, 0) is 0 Å². The van der Waals surface area contributed by atoms with Crippen molar-refractivity contribution < 1.29 is 19.1 Å². The Balaban J connectivity index is 1.64. The van der Waals surface area contributed by atoms with Gasteiger partial charge in [0.05, 0.1) is 25.3 Å². The van der Waals surface area contributed by atoms with E-state index in [1.165, 1.54) is 0 Å². The van der Waals surface area contributed by atoms with E-state index in [0.717, 1.165) is 34.6 Å². The molecule has 2 aromatic rings. The number of ether oxygens (including phenoxy) is 2. The van der Waals surface area contributed by atoms with Crippen molar-refractivity contribution in [2.75, 3.05) is 27.3 Å². The van der Waals surface area contributed by atoms with Gasteiger partial charge >= 0.3 is 0 Å². The first-order chi connectivity index (χ1) is 14.5. The summed E-state index contributed by atoms with van der Waals surface area (Å²) in [5.74, 6) is 0.800. The molecule has 0 fully saturated rings. The van der Waals surface area contributed by atoms with Crippen molar-refractivity contribution in [2.24, 2.45) is 0 Å². The summed E-state index contributed by atoms with van der Waals surface area (Å²) in [6.07, 6.45) is 3.67. The Morgan fingerprint density at radius 2 is 1.13 bits per heavy atom. The Morgan fingerprint density at radius 3 is 1.50 bits per heavy atom. The summed E-state index contributed by atoms with van der Waals surface area (Å²) < 4.78 is 12.1. The minimum absolute atomic E-state index is 0.150. The zero-order chi connectivity index (χ0) is 21.9. The molecule has 0 radical (unpaired) electrons. The van der Waals surface area contributed by atoms with Gasteiger partial charge in [-0.2, -0.15) is 0 Å². The van der Waals surface area contributed by atoms with Crippen LogP contribution in [0.15, 0.2) is 45.3 Å². The van der Waals surface area contributed by atoms with Crippen LogP contribution in [0.4, 0.5) is 0 Å². The second-order valence-electron chi connectivity index (χ2n) is 6.62. The predicted molar refractivity (Wildman–Crippen MR) is 125 cm³/mol. The Morgan fingerprint density at radius 1 is 0.733 bits per heavy atom. The van der Waals surface area contributed by atoms with Gasteiger partial charge in [0.15, 0.2) is 0 Å². The van der Waals surface area contributed by atoms with Gasteiger partial charge in [-0.3, -0.25) is 9.59 Å². The topological polar surface area (TPSA) is 76.7 Å². The molecule has 2 N–H and O–H groups in total. The summed E-state index contributed by atoms with van der Waals surface area (Å²) in [5.41, 5.74) is 1.02. The summed E-state index contributed by atoms with van der Waals surface area (Å²) in [7, 11) is 3.09. The summed E-state index contributed by atoms with van der Waals surface area (Å²) in [6, 6.07) is 10.7. The van der Waals surface area contributed by atoms with Crippen LogP contribution in [0.1, 0.15) is 46.4 Å². The maximum Gasteiger partial charge on any atom is 0.255 e. The molecule has 0 unspecified atom stereocenters. The number of methoxy groups -OCH3 is 2. The lowest BCUT2D eigenvalue weighted by molar-refractivity contribution is 0.0940. The van der Waals surface area contributed by atoms with Crippen LogP contribution in [0.25, 0.3) is 0 Å². The average molecular weight is 542 g/mol. The quantitative estimate of drug-likeness (QED) is 0.395. The second-order valence-corrected chi connectivity index (χ2v) is 8.45. The Bertz CT molecular complexity index is 803. The van der Waals surface area contributed by atoms with Crippen molar-refractivity contribution in [2.45, 2.75) is 25.7 Å². The molecule has 0 saturated heterocycles. The number of benzene rings is 2. The molecule has 162 valence electrons. The van der Waals surface area contributed by atoms with E-state index in [1.54, 1.807) is 38.5 Å². The van der Waals surface area contributed by atoms with E-state index in [4.69, 9.17) is 9.47 Å². The van der Waals surface area contributed by atoms with Crippen LogP contribution in [0.2, 0.25) is 0 Å². The van der Waals surface area contributed by atoms with Gasteiger partial charge in [0.25, 0.3) is 11.8 Å². The van der Waals surface area contributed by atoms with Crippen molar-refractivity contribution in [1.29, 1.82) is 0 Å². The molecular weight excluding hydrogens is 516 g/mol. The van der Waals surface area contributed by atoms with E-state index < -0.39 is 0 Å². The molecule has 0 aliphatic carbocycles. The summed E-state index contributed by atoms with van der Waals surface area (Å²) in [6.45, 7) is 1.19. The summed E-state index contributed by atoms with van der Waals surface area (Å²) in [5, 5.41) is 5.84. The standard InChI is InChI=1S/C22H26Br2N2O4/c1-29-19-9-7-15(23)13-17(19)21(27)25-11-5-3-4-6-12-26-22(28)18-14-16(24)8-10-20(18)30-2/h7-10,13-14H,3-6,11-12H2,1-2H3,(H,25,27)(H,26,28). The molecule has 0 aliphatic heterocycles. The van der Waals surface area contributed by atoms with Crippen molar-refractivity contribution in [3.63, 3.8) is 0 Å². The Labute approximate surface area is 194 Å². The average Bonchev–Trinajstić information content (AvgIpc) is 2.75. The molecule has 0 saturated carbocycles. The third kappa shape index (κ3) is 7.32. The highest BCUT2D eigenvalue weighted by atomic mass is 79.9. The minimum Gasteiger partial charge on any atom is -0.496 e. The largest absolute Gasteiger partial charge is 0.496 e. The molecule has 2 aromatic carbocycles. The van der Waals surface area contributed by atoms with E-state index in [9.17, 15) is 9.59 Å². The first-order valence-corrected chi connectivity index (χ1v) is 11.3. The number of amides is 2. The van der Waals surface area contributed by atoms with Crippen LogP contribution < -0.4 is 20.1 Å². The number of unbranched alkanes of at least 4 members (excludes halogenated alkanes) is 3. The van der Waals surface area contributed by atoms with E-state index >= 15 is 0 Å². The molecule has 0 heterocycles. The molecule has 2 rings (SSSR count). The minimum atomic E-state index is -0.150. The highest BCUT2D eigenvalue weighted by Crippen LogP contribution is 2.23. The zero-order valence-corrected chi connectivity index (χ0v) is 20.3. The highest BCUT2D eigenvalue weighted by Gasteiger charge is 2.13. The van der Waals surface area contributed by atoms with Gasteiger partial charge in [-0.15, -0.1) is 0 Å². The number of nitrogens with one attached hydrogen (secondary N) is 2. The Hall–Kier alpha value is -2.06. The third-order valence-electron chi connectivity index (χ3n) is 4.49. The van der Waals surface area contributed by atoms with E-state index in [-0.39, 0.29) is 11.8 Å². The van der Waals surface area contributed by atoms with Gasteiger partial charge < -0.3 is 20.1 Å². The number of hydrogen-bond acceptors (Lipinski definition) is 4. The predicted octanol–water partition coefficient (Wildman–Crippen LogP) is 4.95. The van der Waals surface area contributed by atoms with Gasteiger partial charge in [0, 0.05) is 22.0 Å². The zero-order valence-electron chi connectivity index (χ0n) is 17.1. The molecule has 2 amide bonds. The van der Waals surface area contributed by atoms with Crippen molar-refractivity contribution in [3.05, 3.63) is 56.5 Å². The highest BCUT2D eigenvalue weighted by molar-refractivity contribution is 9.10. The van der Waals surface area contributed by atoms with Crippen LogP contribution in [0, 0.1) is 0 Å².